The Labute approximate surface area is 98.4 Å². The largest absolute Gasteiger partial charge is 0.481 e. The Hall–Kier alpha value is -1.11. The number of aliphatic carboxylic acids is 1. The molecule has 0 aliphatic carbocycles. The SMILES string of the molecule is CCC(C)(C)Cn1nnnc1SCC(=O)O. The fourth-order valence-corrected chi connectivity index (χ4v) is 1.64. The molecule has 0 atom stereocenters. The first-order valence-corrected chi connectivity index (χ1v) is 6.04. The van der Waals surface area contributed by atoms with Crippen LogP contribution in [0.5, 0.6) is 0 Å². The average molecular weight is 244 g/mol. The van der Waals surface area contributed by atoms with Crippen molar-refractivity contribution in [3.63, 3.8) is 0 Å². The minimum Gasteiger partial charge on any atom is -0.481 e. The lowest BCUT2D eigenvalue weighted by Gasteiger charge is -2.22. The maximum Gasteiger partial charge on any atom is 0.313 e. The van der Waals surface area contributed by atoms with Crippen LogP contribution in [0.2, 0.25) is 0 Å². The van der Waals surface area contributed by atoms with E-state index < -0.39 is 5.97 Å². The van der Waals surface area contributed by atoms with Gasteiger partial charge in [0.05, 0.1) is 12.3 Å². The minimum absolute atomic E-state index is 0.0209. The molecule has 6 nitrogen and oxygen atoms in total. The van der Waals surface area contributed by atoms with Gasteiger partial charge < -0.3 is 5.11 Å². The van der Waals surface area contributed by atoms with Gasteiger partial charge in [0.1, 0.15) is 0 Å². The van der Waals surface area contributed by atoms with Crippen molar-refractivity contribution in [2.45, 2.75) is 38.9 Å². The molecular formula is C9H16N4O2S. The van der Waals surface area contributed by atoms with Crippen molar-refractivity contribution in [1.29, 1.82) is 0 Å². The third kappa shape index (κ3) is 3.80. The van der Waals surface area contributed by atoms with E-state index in [-0.39, 0.29) is 11.2 Å². The lowest BCUT2D eigenvalue weighted by molar-refractivity contribution is -0.133. The first kappa shape index (κ1) is 13.0. The second-order valence-electron chi connectivity index (χ2n) is 4.32. The quantitative estimate of drug-likeness (QED) is 0.759. The lowest BCUT2D eigenvalue weighted by atomic mass is 9.90. The second-order valence-corrected chi connectivity index (χ2v) is 5.26. The molecule has 0 aromatic carbocycles. The fourth-order valence-electron chi connectivity index (χ4n) is 1.04. The molecular weight excluding hydrogens is 228 g/mol. The van der Waals surface area contributed by atoms with Gasteiger partial charge >= 0.3 is 5.97 Å². The summed E-state index contributed by atoms with van der Waals surface area (Å²) in [5.74, 6) is -0.887. The number of thioether (sulfide) groups is 1. The highest BCUT2D eigenvalue weighted by Crippen LogP contribution is 2.24. The van der Waals surface area contributed by atoms with Gasteiger partial charge in [0.25, 0.3) is 0 Å². The van der Waals surface area contributed by atoms with Gasteiger partial charge in [-0.05, 0) is 22.3 Å². The van der Waals surface area contributed by atoms with Gasteiger partial charge in [0, 0.05) is 0 Å². The topological polar surface area (TPSA) is 80.9 Å². The molecule has 0 aliphatic rings. The van der Waals surface area contributed by atoms with Gasteiger partial charge in [-0.25, -0.2) is 4.68 Å². The molecule has 0 saturated carbocycles. The van der Waals surface area contributed by atoms with Crippen LogP contribution in [0.4, 0.5) is 0 Å². The van der Waals surface area contributed by atoms with E-state index >= 15 is 0 Å². The van der Waals surface area contributed by atoms with E-state index in [2.05, 4.69) is 36.3 Å². The van der Waals surface area contributed by atoms with E-state index in [4.69, 9.17) is 5.11 Å². The zero-order valence-electron chi connectivity index (χ0n) is 9.67. The monoisotopic (exact) mass is 244 g/mol. The molecule has 1 aromatic heterocycles. The highest BCUT2D eigenvalue weighted by Gasteiger charge is 2.19. The Morgan fingerprint density at radius 1 is 1.56 bits per heavy atom. The number of tetrazole rings is 1. The van der Waals surface area contributed by atoms with Gasteiger partial charge in [-0.15, -0.1) is 5.10 Å². The molecule has 1 heterocycles. The zero-order chi connectivity index (χ0) is 12.2. The summed E-state index contributed by atoms with van der Waals surface area (Å²) < 4.78 is 1.66. The number of carboxylic acids is 1. The smallest absolute Gasteiger partial charge is 0.313 e. The van der Waals surface area contributed by atoms with Crippen molar-refractivity contribution in [2.75, 3.05) is 5.75 Å². The van der Waals surface area contributed by atoms with Crippen molar-refractivity contribution < 1.29 is 9.90 Å². The third-order valence-corrected chi connectivity index (χ3v) is 3.30. The van der Waals surface area contributed by atoms with Crippen molar-refractivity contribution in [3.8, 4) is 0 Å². The molecule has 1 aromatic rings. The van der Waals surface area contributed by atoms with Gasteiger partial charge in [0.2, 0.25) is 5.16 Å². The molecule has 0 saturated heterocycles. The van der Waals surface area contributed by atoms with E-state index in [0.717, 1.165) is 18.2 Å². The molecule has 0 spiro atoms. The molecule has 0 bridgehead atoms. The molecule has 16 heavy (non-hydrogen) atoms. The number of nitrogens with zero attached hydrogens (tertiary/aromatic N) is 4. The number of carboxylic acid groups (broad SMARTS) is 1. The van der Waals surface area contributed by atoms with Crippen LogP contribution >= 0.6 is 11.8 Å². The van der Waals surface area contributed by atoms with Crippen LogP contribution in [0.1, 0.15) is 27.2 Å². The highest BCUT2D eigenvalue weighted by atomic mass is 32.2. The maximum absolute atomic E-state index is 10.4. The van der Waals surface area contributed by atoms with E-state index in [1.807, 2.05) is 0 Å². The van der Waals surface area contributed by atoms with E-state index in [0.29, 0.717) is 11.7 Å². The van der Waals surface area contributed by atoms with E-state index in [1.54, 1.807) is 4.68 Å². The molecule has 0 aliphatic heterocycles. The Balaban J connectivity index is 2.67. The summed E-state index contributed by atoms with van der Waals surface area (Å²) in [6.07, 6.45) is 1.01. The number of rotatable bonds is 6. The summed E-state index contributed by atoms with van der Waals surface area (Å²) in [7, 11) is 0. The number of hydrogen-bond donors (Lipinski definition) is 1. The summed E-state index contributed by atoms with van der Waals surface area (Å²) in [6.45, 7) is 7.05. The first-order valence-electron chi connectivity index (χ1n) is 5.05. The maximum atomic E-state index is 10.4. The van der Waals surface area contributed by atoms with Crippen LogP contribution in [0.25, 0.3) is 0 Å². The molecule has 0 amide bonds. The Morgan fingerprint density at radius 3 is 2.81 bits per heavy atom. The second kappa shape index (κ2) is 5.29. The van der Waals surface area contributed by atoms with Crippen LogP contribution < -0.4 is 0 Å². The molecule has 90 valence electrons. The summed E-state index contributed by atoms with van der Waals surface area (Å²) in [4.78, 5) is 10.4. The normalized spacial score (nSPS) is 11.7. The van der Waals surface area contributed by atoms with Crippen molar-refractivity contribution in [1.82, 2.24) is 20.2 Å². The number of carbonyl (C=O) groups is 1. The minimum atomic E-state index is -0.866. The van der Waals surface area contributed by atoms with Crippen LogP contribution in [0, 0.1) is 5.41 Å². The molecule has 1 rings (SSSR count). The van der Waals surface area contributed by atoms with E-state index in [9.17, 15) is 4.79 Å². The Morgan fingerprint density at radius 2 is 2.25 bits per heavy atom. The predicted molar refractivity (Wildman–Crippen MR) is 60.2 cm³/mol. The summed E-state index contributed by atoms with van der Waals surface area (Å²) in [5.41, 5.74) is 0.105. The average Bonchev–Trinajstić information content (AvgIpc) is 2.61. The van der Waals surface area contributed by atoms with E-state index in [1.165, 1.54) is 0 Å². The van der Waals surface area contributed by atoms with Gasteiger partial charge in [-0.1, -0.05) is 32.5 Å². The zero-order valence-corrected chi connectivity index (χ0v) is 10.5. The third-order valence-electron chi connectivity index (χ3n) is 2.36. The summed E-state index contributed by atoms with van der Waals surface area (Å²) in [5, 5.41) is 20.4. The van der Waals surface area contributed by atoms with Crippen LogP contribution in [-0.4, -0.2) is 37.0 Å². The van der Waals surface area contributed by atoms with Crippen LogP contribution in [0.3, 0.4) is 0 Å². The molecule has 0 fully saturated rings. The molecule has 0 unspecified atom stereocenters. The van der Waals surface area contributed by atoms with Crippen LogP contribution in [-0.2, 0) is 11.3 Å². The highest BCUT2D eigenvalue weighted by molar-refractivity contribution is 7.99. The van der Waals surface area contributed by atoms with Gasteiger partial charge in [0.15, 0.2) is 0 Å². The van der Waals surface area contributed by atoms with Crippen molar-refractivity contribution in [2.24, 2.45) is 5.41 Å². The summed E-state index contributed by atoms with van der Waals surface area (Å²) in [6, 6.07) is 0. The van der Waals surface area contributed by atoms with Crippen LogP contribution in [0.15, 0.2) is 5.16 Å². The fraction of sp³-hybridized carbons (Fsp3) is 0.778. The standard InChI is InChI=1S/C9H16N4O2S/c1-4-9(2,3)6-13-8(10-11-12-13)16-5-7(14)15/h4-6H2,1-3H3,(H,14,15). The Bertz CT molecular complexity index is 364. The lowest BCUT2D eigenvalue weighted by Crippen LogP contribution is -2.20. The molecule has 0 radical (unpaired) electrons. The summed E-state index contributed by atoms with van der Waals surface area (Å²) >= 11 is 1.14. The van der Waals surface area contributed by atoms with Crippen molar-refractivity contribution in [3.05, 3.63) is 0 Å². The predicted octanol–water partition coefficient (Wildman–Crippen LogP) is 1.29. The van der Waals surface area contributed by atoms with Gasteiger partial charge in [-0.3, -0.25) is 4.79 Å². The number of aromatic nitrogens is 4. The van der Waals surface area contributed by atoms with Crippen molar-refractivity contribution >= 4 is 17.7 Å². The molecule has 7 heteroatoms. The number of hydrogen-bond acceptors (Lipinski definition) is 5. The van der Waals surface area contributed by atoms with Gasteiger partial charge in [-0.2, -0.15) is 0 Å². The Kier molecular flexibility index (Phi) is 4.28. The first-order chi connectivity index (χ1) is 7.44. The molecule has 1 N–H and O–H groups in total.